The molecule has 1 aliphatic rings. The van der Waals surface area contributed by atoms with Crippen molar-refractivity contribution in [3.63, 3.8) is 0 Å². The first-order chi connectivity index (χ1) is 8.79. The molecule has 0 spiro atoms. The smallest absolute Gasteiger partial charge is 0.241 e. The molecule has 0 fully saturated rings. The van der Waals surface area contributed by atoms with E-state index in [0.29, 0.717) is 6.54 Å². The van der Waals surface area contributed by atoms with Crippen LogP contribution in [-0.4, -0.2) is 22.2 Å². The molecule has 1 aliphatic carbocycles. The zero-order valence-electron chi connectivity index (χ0n) is 11.2. The highest BCUT2D eigenvalue weighted by atomic mass is 16.2. The lowest BCUT2D eigenvalue weighted by molar-refractivity contribution is -0.121. The summed E-state index contributed by atoms with van der Waals surface area (Å²) >= 11 is 0. The minimum atomic E-state index is 0.0623. The first kappa shape index (κ1) is 13.1. The summed E-state index contributed by atoms with van der Waals surface area (Å²) in [5, 5.41) is 7.44. The van der Waals surface area contributed by atoms with Crippen LogP contribution in [0, 0.1) is 0 Å². The second-order valence-corrected chi connectivity index (χ2v) is 5.06. The summed E-state index contributed by atoms with van der Waals surface area (Å²) in [7, 11) is 0. The number of nitrogens with one attached hydrogen (secondary N) is 1. The SMILES string of the molecule is CCCNC(=O)Cn1cc2c(n1)CCCCCC2. The summed E-state index contributed by atoms with van der Waals surface area (Å²) in [4.78, 5) is 11.6. The Kier molecular flexibility index (Phi) is 4.79. The lowest BCUT2D eigenvalue weighted by Crippen LogP contribution is -2.28. The zero-order valence-corrected chi connectivity index (χ0v) is 11.2. The van der Waals surface area contributed by atoms with Gasteiger partial charge in [-0.05, 0) is 37.7 Å². The van der Waals surface area contributed by atoms with Crippen molar-refractivity contribution in [1.29, 1.82) is 0 Å². The topological polar surface area (TPSA) is 46.9 Å². The maximum atomic E-state index is 11.6. The lowest BCUT2D eigenvalue weighted by Gasteiger charge is -2.06. The number of hydrogen-bond donors (Lipinski definition) is 1. The molecule has 0 radical (unpaired) electrons. The van der Waals surface area contributed by atoms with E-state index in [-0.39, 0.29) is 5.91 Å². The molecule has 18 heavy (non-hydrogen) atoms. The van der Waals surface area contributed by atoms with Crippen molar-refractivity contribution in [3.05, 3.63) is 17.5 Å². The van der Waals surface area contributed by atoms with E-state index in [9.17, 15) is 4.79 Å². The Labute approximate surface area is 109 Å². The Bertz CT molecular complexity index is 372. The van der Waals surface area contributed by atoms with Crippen molar-refractivity contribution < 1.29 is 4.79 Å². The first-order valence-electron chi connectivity index (χ1n) is 7.11. The third-order valence-electron chi connectivity index (χ3n) is 3.41. The second-order valence-electron chi connectivity index (χ2n) is 5.06. The molecule has 0 saturated heterocycles. The molecular weight excluding hydrogens is 226 g/mol. The molecule has 1 aromatic heterocycles. The molecule has 100 valence electrons. The number of carbonyl (C=O) groups excluding carboxylic acids is 1. The molecule has 0 bridgehead atoms. The number of nitrogens with zero attached hydrogens (tertiary/aromatic N) is 2. The summed E-state index contributed by atoms with van der Waals surface area (Å²) in [6.07, 6.45) is 10.3. The summed E-state index contributed by atoms with van der Waals surface area (Å²) in [6, 6.07) is 0. The molecule has 0 atom stereocenters. The largest absolute Gasteiger partial charge is 0.355 e. The predicted octanol–water partition coefficient (Wildman–Crippen LogP) is 2.07. The minimum absolute atomic E-state index is 0.0623. The van der Waals surface area contributed by atoms with Gasteiger partial charge in [-0.25, -0.2) is 0 Å². The summed E-state index contributed by atoms with van der Waals surface area (Å²) in [6.45, 7) is 3.16. The highest BCUT2D eigenvalue weighted by Crippen LogP contribution is 2.18. The fourth-order valence-electron chi connectivity index (χ4n) is 2.43. The van der Waals surface area contributed by atoms with Crippen LogP contribution < -0.4 is 5.32 Å². The van der Waals surface area contributed by atoms with Crippen LogP contribution in [0.3, 0.4) is 0 Å². The molecule has 0 saturated carbocycles. The predicted molar refractivity (Wildman–Crippen MR) is 71.4 cm³/mol. The second kappa shape index (κ2) is 6.57. The molecule has 4 heteroatoms. The lowest BCUT2D eigenvalue weighted by atomic mass is 9.99. The van der Waals surface area contributed by atoms with Crippen LogP contribution in [0.5, 0.6) is 0 Å². The van der Waals surface area contributed by atoms with E-state index in [1.54, 1.807) is 4.68 Å². The molecule has 1 amide bonds. The standard InChI is InChI=1S/C14H23N3O/c1-2-9-15-14(18)11-17-10-12-7-5-3-4-6-8-13(12)16-17/h10H,2-9,11H2,1H3,(H,15,18). The van der Waals surface area contributed by atoms with Gasteiger partial charge >= 0.3 is 0 Å². The molecule has 4 nitrogen and oxygen atoms in total. The van der Waals surface area contributed by atoms with Gasteiger partial charge in [0.2, 0.25) is 5.91 Å². The number of hydrogen-bond acceptors (Lipinski definition) is 2. The Hall–Kier alpha value is -1.32. The third-order valence-corrected chi connectivity index (χ3v) is 3.41. The van der Waals surface area contributed by atoms with Gasteiger partial charge < -0.3 is 5.32 Å². The van der Waals surface area contributed by atoms with Gasteiger partial charge in [-0.1, -0.05) is 19.8 Å². The van der Waals surface area contributed by atoms with Gasteiger partial charge in [0, 0.05) is 12.7 Å². The Balaban J connectivity index is 1.97. The maximum absolute atomic E-state index is 11.6. The van der Waals surface area contributed by atoms with E-state index in [2.05, 4.69) is 23.5 Å². The number of amides is 1. The van der Waals surface area contributed by atoms with Gasteiger partial charge in [-0.3, -0.25) is 9.48 Å². The van der Waals surface area contributed by atoms with Crippen molar-refractivity contribution in [2.75, 3.05) is 6.54 Å². The molecule has 1 aromatic rings. The summed E-state index contributed by atoms with van der Waals surface area (Å²) in [5.41, 5.74) is 2.55. The highest BCUT2D eigenvalue weighted by Gasteiger charge is 2.12. The quantitative estimate of drug-likeness (QED) is 0.888. The van der Waals surface area contributed by atoms with Gasteiger partial charge in [0.25, 0.3) is 0 Å². The maximum Gasteiger partial charge on any atom is 0.241 e. The summed E-state index contributed by atoms with van der Waals surface area (Å²) in [5.74, 6) is 0.0623. The van der Waals surface area contributed by atoms with E-state index in [4.69, 9.17) is 0 Å². The van der Waals surface area contributed by atoms with Crippen LogP contribution in [0.25, 0.3) is 0 Å². The van der Waals surface area contributed by atoms with E-state index in [0.717, 1.165) is 25.8 Å². The van der Waals surface area contributed by atoms with Crippen LogP contribution in [0.2, 0.25) is 0 Å². The molecule has 2 rings (SSSR count). The van der Waals surface area contributed by atoms with Crippen LogP contribution in [-0.2, 0) is 24.2 Å². The Morgan fingerprint density at radius 1 is 1.33 bits per heavy atom. The van der Waals surface area contributed by atoms with E-state index in [1.165, 1.54) is 36.9 Å². The van der Waals surface area contributed by atoms with E-state index >= 15 is 0 Å². The van der Waals surface area contributed by atoms with Crippen LogP contribution in [0.4, 0.5) is 0 Å². The number of aromatic nitrogens is 2. The summed E-state index contributed by atoms with van der Waals surface area (Å²) < 4.78 is 1.81. The van der Waals surface area contributed by atoms with Gasteiger partial charge in [-0.2, -0.15) is 5.10 Å². The van der Waals surface area contributed by atoms with Crippen molar-refractivity contribution in [3.8, 4) is 0 Å². The normalized spacial score (nSPS) is 15.6. The highest BCUT2D eigenvalue weighted by molar-refractivity contribution is 5.75. The number of carbonyl (C=O) groups is 1. The van der Waals surface area contributed by atoms with E-state index in [1.807, 2.05) is 0 Å². The molecular formula is C14H23N3O. The third kappa shape index (κ3) is 3.59. The average molecular weight is 249 g/mol. The van der Waals surface area contributed by atoms with Crippen molar-refractivity contribution in [2.45, 2.75) is 58.4 Å². The molecule has 0 unspecified atom stereocenters. The van der Waals surface area contributed by atoms with Crippen LogP contribution in [0.15, 0.2) is 6.20 Å². The van der Waals surface area contributed by atoms with Gasteiger partial charge in [0.15, 0.2) is 0 Å². The fourth-order valence-corrected chi connectivity index (χ4v) is 2.43. The number of aryl methyl sites for hydroxylation is 2. The molecule has 0 aliphatic heterocycles. The molecule has 0 aromatic carbocycles. The fraction of sp³-hybridized carbons (Fsp3) is 0.714. The molecule has 1 heterocycles. The van der Waals surface area contributed by atoms with Crippen LogP contribution in [0.1, 0.15) is 50.3 Å². The Morgan fingerprint density at radius 2 is 2.11 bits per heavy atom. The zero-order chi connectivity index (χ0) is 12.8. The van der Waals surface area contributed by atoms with Gasteiger partial charge in [0.05, 0.1) is 5.69 Å². The first-order valence-corrected chi connectivity index (χ1v) is 7.11. The van der Waals surface area contributed by atoms with E-state index < -0.39 is 0 Å². The Morgan fingerprint density at radius 3 is 2.89 bits per heavy atom. The number of rotatable bonds is 4. The monoisotopic (exact) mass is 249 g/mol. The van der Waals surface area contributed by atoms with Gasteiger partial charge in [0.1, 0.15) is 6.54 Å². The average Bonchev–Trinajstić information content (AvgIpc) is 2.68. The van der Waals surface area contributed by atoms with Crippen molar-refractivity contribution >= 4 is 5.91 Å². The van der Waals surface area contributed by atoms with Crippen LogP contribution >= 0.6 is 0 Å². The number of fused-ring (bicyclic) bond motifs is 1. The van der Waals surface area contributed by atoms with Crippen molar-refractivity contribution in [1.82, 2.24) is 15.1 Å². The minimum Gasteiger partial charge on any atom is -0.355 e. The van der Waals surface area contributed by atoms with Crippen molar-refractivity contribution in [2.24, 2.45) is 0 Å². The molecule has 1 N–H and O–H groups in total. The van der Waals surface area contributed by atoms with Gasteiger partial charge in [-0.15, -0.1) is 0 Å².